The fourth-order valence-electron chi connectivity index (χ4n) is 3.38. The Bertz CT molecular complexity index is 694. The van der Waals surface area contributed by atoms with Crippen molar-refractivity contribution in [3.63, 3.8) is 0 Å². The molecule has 0 amide bonds. The number of hydrogen-bond donors (Lipinski definition) is 0. The predicted octanol–water partition coefficient (Wildman–Crippen LogP) is 2.42. The number of likely N-dealkylation sites (N-methyl/N-ethyl adjacent to an activating group) is 1. The van der Waals surface area contributed by atoms with Gasteiger partial charge in [0.15, 0.2) is 0 Å². The molecule has 0 aliphatic carbocycles. The van der Waals surface area contributed by atoms with E-state index in [1.54, 1.807) is 0 Å². The lowest BCUT2D eigenvalue weighted by Gasteiger charge is -2.34. The molecule has 1 saturated heterocycles. The zero-order valence-electron chi connectivity index (χ0n) is 15.9. The number of nitrogens with zero attached hydrogens (tertiary/aromatic N) is 2. The average Bonchev–Trinajstić information content (AvgIpc) is 2.69. The molecule has 4 heteroatoms. The number of ether oxygens (including phenoxy) is 1. The topological polar surface area (TPSA) is 15.7 Å². The number of benzene rings is 2. The normalized spacial score (nSPS) is 16.1. The Morgan fingerprint density at radius 2 is 1.58 bits per heavy atom. The summed E-state index contributed by atoms with van der Waals surface area (Å²) in [5.74, 6) is 0. The molecule has 0 unspecified atom stereocenters. The van der Waals surface area contributed by atoms with Crippen molar-refractivity contribution in [1.82, 2.24) is 9.80 Å². The summed E-state index contributed by atoms with van der Waals surface area (Å²) in [4.78, 5) is 5.01. The minimum atomic E-state index is -0.740. The van der Waals surface area contributed by atoms with Gasteiger partial charge >= 0.3 is 0 Å². The molecule has 137 valence electrons. The molecule has 0 saturated carbocycles. The van der Waals surface area contributed by atoms with Gasteiger partial charge in [0.1, 0.15) is 8.80 Å². The third-order valence-corrected chi connectivity index (χ3v) is 7.71. The van der Waals surface area contributed by atoms with Crippen molar-refractivity contribution in [2.75, 3.05) is 52.7 Å². The largest absolute Gasteiger partial charge is 0.388 e. The Balaban J connectivity index is 1.69. The maximum Gasteiger partial charge on any atom is 0.132 e. The molecule has 2 aromatic rings. The number of hydrogen-bond acceptors (Lipinski definition) is 3. The van der Waals surface area contributed by atoms with Crippen LogP contribution in [0.15, 0.2) is 61.2 Å². The van der Waals surface area contributed by atoms with Crippen molar-refractivity contribution in [2.24, 2.45) is 0 Å². The summed E-state index contributed by atoms with van der Waals surface area (Å²) in [6.07, 6.45) is 2.02. The highest BCUT2D eigenvalue weighted by atomic mass is 28.3. The monoisotopic (exact) mass is 365 g/mol. The van der Waals surface area contributed by atoms with E-state index in [2.05, 4.69) is 72.0 Å². The van der Waals surface area contributed by atoms with Crippen molar-refractivity contribution in [2.45, 2.75) is 0 Å². The van der Waals surface area contributed by atoms with Crippen LogP contribution in [0, 0.1) is 0 Å². The lowest BCUT2D eigenvalue weighted by atomic mass is 10.00. The van der Waals surface area contributed by atoms with Crippen LogP contribution in [0.3, 0.4) is 0 Å². The van der Waals surface area contributed by atoms with Gasteiger partial charge in [0.2, 0.25) is 0 Å². The van der Waals surface area contributed by atoms with Crippen molar-refractivity contribution < 1.29 is 4.74 Å². The highest BCUT2D eigenvalue weighted by molar-refractivity contribution is 6.73. The highest BCUT2D eigenvalue weighted by Gasteiger charge is 2.21. The second-order valence-corrected chi connectivity index (χ2v) is 9.43. The molecule has 3 rings (SSSR count). The van der Waals surface area contributed by atoms with Gasteiger partial charge in [-0.2, -0.15) is 0 Å². The summed E-state index contributed by atoms with van der Waals surface area (Å²) < 4.78 is 5.56. The third kappa shape index (κ3) is 4.92. The summed E-state index contributed by atoms with van der Waals surface area (Å²) >= 11 is 0. The van der Waals surface area contributed by atoms with Crippen LogP contribution in [0.25, 0.3) is 5.57 Å². The van der Waals surface area contributed by atoms with E-state index in [1.807, 2.05) is 13.2 Å². The SMILES string of the molecule is C=C(c1ccccc1)c1ccc([Si](COC)CN2CCN(C)CC2)cc1. The van der Waals surface area contributed by atoms with Crippen LogP contribution in [0.1, 0.15) is 11.1 Å². The lowest BCUT2D eigenvalue weighted by Crippen LogP contribution is -2.52. The first-order valence-corrected chi connectivity index (χ1v) is 11.2. The van der Waals surface area contributed by atoms with Crippen LogP contribution in [0.5, 0.6) is 0 Å². The van der Waals surface area contributed by atoms with E-state index in [-0.39, 0.29) is 0 Å². The highest BCUT2D eigenvalue weighted by Crippen LogP contribution is 2.20. The van der Waals surface area contributed by atoms with Crippen molar-refractivity contribution in [1.29, 1.82) is 0 Å². The summed E-state index contributed by atoms with van der Waals surface area (Å²) in [5, 5.41) is 1.44. The molecule has 3 nitrogen and oxygen atoms in total. The van der Waals surface area contributed by atoms with Crippen LogP contribution in [0.4, 0.5) is 0 Å². The number of rotatable bonds is 7. The Kier molecular flexibility index (Phi) is 6.80. The second-order valence-electron chi connectivity index (χ2n) is 7.04. The van der Waals surface area contributed by atoms with Gasteiger partial charge in [-0.25, -0.2) is 0 Å². The molecule has 2 aromatic carbocycles. The maximum absolute atomic E-state index is 5.56. The molecule has 26 heavy (non-hydrogen) atoms. The molecule has 1 aliphatic rings. The van der Waals surface area contributed by atoms with Gasteiger partial charge in [0, 0.05) is 39.5 Å². The van der Waals surface area contributed by atoms with Crippen molar-refractivity contribution >= 4 is 19.6 Å². The number of methoxy groups -OCH3 is 1. The summed E-state index contributed by atoms with van der Waals surface area (Å²) in [6.45, 7) is 8.93. The summed E-state index contributed by atoms with van der Waals surface area (Å²) in [6, 6.07) is 19.4. The van der Waals surface area contributed by atoms with E-state index in [0.717, 1.165) is 44.2 Å². The molecule has 1 fully saturated rings. The van der Waals surface area contributed by atoms with Gasteiger partial charge in [0.05, 0.1) is 0 Å². The first kappa shape index (κ1) is 19.0. The van der Waals surface area contributed by atoms with E-state index in [9.17, 15) is 0 Å². The third-order valence-electron chi connectivity index (χ3n) is 5.09. The molecule has 0 bridgehead atoms. The Morgan fingerprint density at radius 1 is 0.962 bits per heavy atom. The lowest BCUT2D eigenvalue weighted by molar-refractivity contribution is 0.169. The van der Waals surface area contributed by atoms with Crippen LogP contribution in [-0.4, -0.2) is 71.3 Å². The van der Waals surface area contributed by atoms with Crippen LogP contribution >= 0.6 is 0 Å². The van der Waals surface area contributed by atoms with E-state index in [4.69, 9.17) is 4.74 Å². The molecule has 0 aromatic heterocycles. The van der Waals surface area contributed by atoms with Gasteiger partial charge in [-0.1, -0.05) is 66.4 Å². The van der Waals surface area contributed by atoms with Gasteiger partial charge in [-0.15, -0.1) is 0 Å². The maximum atomic E-state index is 5.56. The molecule has 0 N–H and O–H groups in total. The second kappa shape index (κ2) is 9.28. The molecular weight excluding hydrogens is 336 g/mol. The Hall–Kier alpha value is -1.72. The quantitative estimate of drug-likeness (QED) is 0.701. The predicted molar refractivity (Wildman–Crippen MR) is 112 cm³/mol. The fourth-order valence-corrected chi connectivity index (χ4v) is 5.67. The zero-order valence-corrected chi connectivity index (χ0v) is 16.9. The van der Waals surface area contributed by atoms with Crippen LogP contribution in [-0.2, 0) is 4.74 Å². The zero-order chi connectivity index (χ0) is 18.4. The van der Waals surface area contributed by atoms with E-state index < -0.39 is 8.80 Å². The van der Waals surface area contributed by atoms with Gasteiger partial charge in [-0.05, 0) is 29.9 Å². The van der Waals surface area contributed by atoms with Crippen molar-refractivity contribution in [3.05, 3.63) is 72.3 Å². The van der Waals surface area contributed by atoms with E-state index >= 15 is 0 Å². The molecule has 1 heterocycles. The van der Waals surface area contributed by atoms with E-state index in [1.165, 1.54) is 16.3 Å². The minimum absolute atomic E-state index is 0.740. The first-order chi connectivity index (χ1) is 12.7. The summed E-state index contributed by atoms with van der Waals surface area (Å²) in [7, 11) is 3.29. The molecule has 1 radical (unpaired) electrons. The first-order valence-electron chi connectivity index (χ1n) is 9.27. The Morgan fingerprint density at radius 3 is 2.19 bits per heavy atom. The molecule has 0 spiro atoms. The molecule has 0 atom stereocenters. The molecule has 1 aliphatic heterocycles. The van der Waals surface area contributed by atoms with E-state index in [0.29, 0.717) is 0 Å². The standard InChI is InChI=1S/C22H29N2OSi/c1-19(20-7-5-4-6-8-20)21-9-11-22(12-10-21)26(18-25-3)17-24-15-13-23(2)14-16-24/h4-12H,1,13-18H2,2-3H3. The van der Waals surface area contributed by atoms with Gasteiger partial charge < -0.3 is 14.5 Å². The fraction of sp³-hybridized carbons (Fsp3) is 0.364. The molecular formula is C22H29N2OSi. The Labute approximate surface area is 159 Å². The van der Waals surface area contributed by atoms with Crippen LogP contribution < -0.4 is 5.19 Å². The van der Waals surface area contributed by atoms with Crippen LogP contribution in [0.2, 0.25) is 0 Å². The van der Waals surface area contributed by atoms with Crippen molar-refractivity contribution in [3.8, 4) is 0 Å². The average molecular weight is 366 g/mol. The smallest absolute Gasteiger partial charge is 0.132 e. The number of piperazine rings is 1. The minimum Gasteiger partial charge on any atom is -0.388 e. The van der Waals surface area contributed by atoms with Gasteiger partial charge in [-0.3, -0.25) is 0 Å². The van der Waals surface area contributed by atoms with Gasteiger partial charge in [0.25, 0.3) is 0 Å². The summed E-state index contributed by atoms with van der Waals surface area (Å²) in [5.41, 5.74) is 3.45.